The molecule has 1 aliphatic rings. The largest absolute Gasteiger partial charge is 0.298 e. The van der Waals surface area contributed by atoms with Crippen LogP contribution in [0.2, 0.25) is 0 Å². The summed E-state index contributed by atoms with van der Waals surface area (Å²) in [5.41, 5.74) is 3.86. The number of benzene rings is 2. The Morgan fingerprint density at radius 1 is 0.958 bits per heavy atom. The summed E-state index contributed by atoms with van der Waals surface area (Å²) in [6.07, 6.45) is 3.54. The van der Waals surface area contributed by atoms with Crippen molar-refractivity contribution < 1.29 is 9.59 Å². The van der Waals surface area contributed by atoms with E-state index in [1.54, 1.807) is 6.08 Å². The zero-order chi connectivity index (χ0) is 17.1. The van der Waals surface area contributed by atoms with E-state index in [0.29, 0.717) is 10.6 Å². The monoisotopic (exact) mass is 337 g/mol. The molecule has 0 spiro atoms. The first-order valence-electron chi connectivity index (χ1n) is 8.08. The molecule has 2 aromatic rings. The van der Waals surface area contributed by atoms with Crippen LogP contribution in [0.1, 0.15) is 30.5 Å². The Morgan fingerprint density at radius 2 is 1.67 bits per heavy atom. The number of aryl methyl sites for hydroxylation is 2. The maximum absolute atomic E-state index is 12.7. The summed E-state index contributed by atoms with van der Waals surface area (Å²) >= 11 is 0.999. The molecule has 0 unspecified atom stereocenters. The third-order valence-corrected chi connectivity index (χ3v) is 4.96. The zero-order valence-corrected chi connectivity index (χ0v) is 14.6. The van der Waals surface area contributed by atoms with Gasteiger partial charge in [-0.2, -0.15) is 0 Å². The van der Waals surface area contributed by atoms with Crippen LogP contribution in [0.15, 0.2) is 53.4 Å². The highest BCUT2D eigenvalue weighted by Gasteiger charge is 2.37. The van der Waals surface area contributed by atoms with Crippen LogP contribution in [0.3, 0.4) is 0 Å². The minimum atomic E-state index is -0.245. The normalized spacial score (nSPS) is 16.2. The number of carbonyl (C=O) groups excluding carboxylic acids is 2. The van der Waals surface area contributed by atoms with Crippen LogP contribution in [0.25, 0.3) is 6.08 Å². The number of imide groups is 1. The standard InChI is InChI=1S/C20H19NO2S/c1-3-14-9-11-15(12-10-14)13-18-19(22)21(20(23)24-18)17-8-6-5-7-16(17)4-2/h5-13H,3-4H2,1-2H3/b18-13-. The molecule has 1 aliphatic heterocycles. The predicted molar refractivity (Wildman–Crippen MR) is 100 cm³/mol. The van der Waals surface area contributed by atoms with Crippen LogP contribution < -0.4 is 4.90 Å². The molecule has 3 nitrogen and oxygen atoms in total. The van der Waals surface area contributed by atoms with Gasteiger partial charge in [-0.15, -0.1) is 0 Å². The van der Waals surface area contributed by atoms with E-state index < -0.39 is 0 Å². The van der Waals surface area contributed by atoms with Crippen molar-refractivity contribution in [2.75, 3.05) is 4.90 Å². The Labute approximate surface area is 146 Å². The van der Waals surface area contributed by atoms with Gasteiger partial charge in [0.05, 0.1) is 10.6 Å². The average Bonchev–Trinajstić information content (AvgIpc) is 2.89. The second-order valence-corrected chi connectivity index (χ2v) is 6.59. The van der Waals surface area contributed by atoms with Gasteiger partial charge in [-0.25, -0.2) is 4.90 Å². The Bertz CT molecular complexity index is 809. The van der Waals surface area contributed by atoms with Crippen LogP contribution in [0.5, 0.6) is 0 Å². The Kier molecular flexibility index (Phi) is 4.86. The average molecular weight is 337 g/mol. The van der Waals surface area contributed by atoms with E-state index in [-0.39, 0.29) is 11.1 Å². The van der Waals surface area contributed by atoms with E-state index >= 15 is 0 Å². The van der Waals surface area contributed by atoms with E-state index in [4.69, 9.17) is 0 Å². The van der Waals surface area contributed by atoms with E-state index in [1.807, 2.05) is 55.5 Å². The fourth-order valence-corrected chi connectivity index (χ4v) is 3.54. The molecule has 1 fully saturated rings. The van der Waals surface area contributed by atoms with Gasteiger partial charge in [0.15, 0.2) is 0 Å². The van der Waals surface area contributed by atoms with Crippen molar-refractivity contribution in [3.05, 3.63) is 70.1 Å². The Hall–Kier alpha value is -2.33. The molecule has 0 atom stereocenters. The lowest BCUT2D eigenvalue weighted by molar-refractivity contribution is -0.113. The lowest BCUT2D eigenvalue weighted by atomic mass is 10.1. The molecule has 1 saturated heterocycles. The molecule has 4 heteroatoms. The Balaban J connectivity index is 1.92. The van der Waals surface area contributed by atoms with Gasteiger partial charge in [0.25, 0.3) is 11.1 Å². The number of hydrogen-bond donors (Lipinski definition) is 0. The summed E-state index contributed by atoms with van der Waals surface area (Å²) in [4.78, 5) is 26.9. The first-order valence-corrected chi connectivity index (χ1v) is 8.90. The molecular formula is C20H19NO2S. The number of nitrogens with zero attached hydrogens (tertiary/aromatic N) is 1. The summed E-state index contributed by atoms with van der Waals surface area (Å²) in [6, 6.07) is 15.6. The van der Waals surface area contributed by atoms with E-state index in [1.165, 1.54) is 10.5 Å². The van der Waals surface area contributed by atoms with E-state index in [2.05, 4.69) is 6.92 Å². The first kappa shape index (κ1) is 16.5. The predicted octanol–water partition coefficient (Wildman–Crippen LogP) is 5.05. The molecule has 2 aromatic carbocycles. The second-order valence-electron chi connectivity index (χ2n) is 5.59. The molecule has 1 heterocycles. The molecule has 24 heavy (non-hydrogen) atoms. The highest BCUT2D eigenvalue weighted by atomic mass is 32.2. The van der Waals surface area contributed by atoms with Crippen LogP contribution in [0, 0.1) is 0 Å². The van der Waals surface area contributed by atoms with Crippen LogP contribution in [-0.2, 0) is 17.6 Å². The van der Waals surface area contributed by atoms with Gasteiger partial charge in [-0.1, -0.05) is 56.3 Å². The summed E-state index contributed by atoms with van der Waals surface area (Å²) in [6.45, 7) is 4.12. The fourth-order valence-electron chi connectivity index (χ4n) is 2.70. The number of para-hydroxylation sites is 1. The first-order chi connectivity index (χ1) is 11.6. The fraction of sp³-hybridized carbons (Fsp3) is 0.200. The molecule has 0 radical (unpaired) electrons. The van der Waals surface area contributed by atoms with E-state index in [9.17, 15) is 9.59 Å². The number of thioether (sulfide) groups is 1. The van der Waals surface area contributed by atoms with Crippen molar-refractivity contribution in [3.8, 4) is 0 Å². The minimum Gasteiger partial charge on any atom is -0.268 e. The van der Waals surface area contributed by atoms with Crippen molar-refractivity contribution in [3.63, 3.8) is 0 Å². The molecule has 122 valence electrons. The molecule has 0 N–H and O–H groups in total. The van der Waals surface area contributed by atoms with Gasteiger partial charge in [0, 0.05) is 0 Å². The van der Waals surface area contributed by atoms with Crippen molar-refractivity contribution in [2.24, 2.45) is 0 Å². The van der Waals surface area contributed by atoms with Crippen molar-refractivity contribution in [1.29, 1.82) is 0 Å². The smallest absolute Gasteiger partial charge is 0.268 e. The van der Waals surface area contributed by atoms with Crippen molar-refractivity contribution >= 4 is 34.7 Å². The highest BCUT2D eigenvalue weighted by molar-refractivity contribution is 8.19. The van der Waals surface area contributed by atoms with Gasteiger partial charge < -0.3 is 0 Å². The third-order valence-electron chi connectivity index (χ3n) is 4.09. The topological polar surface area (TPSA) is 37.4 Å². The molecule has 0 aliphatic carbocycles. The van der Waals surface area contributed by atoms with Gasteiger partial charge in [0.2, 0.25) is 0 Å². The summed E-state index contributed by atoms with van der Waals surface area (Å²) in [5, 5.41) is -0.239. The van der Waals surface area contributed by atoms with Crippen LogP contribution in [-0.4, -0.2) is 11.1 Å². The molecular weight excluding hydrogens is 318 g/mol. The van der Waals surface area contributed by atoms with Gasteiger partial charge in [0.1, 0.15) is 0 Å². The quantitative estimate of drug-likeness (QED) is 0.733. The highest BCUT2D eigenvalue weighted by Crippen LogP contribution is 2.37. The number of anilines is 1. The van der Waals surface area contributed by atoms with Gasteiger partial charge in [-0.05, 0) is 53.4 Å². The molecule has 2 amide bonds. The number of carbonyl (C=O) groups is 2. The molecule has 3 rings (SSSR count). The lowest BCUT2D eigenvalue weighted by Crippen LogP contribution is -2.28. The third kappa shape index (κ3) is 3.15. The number of amides is 2. The van der Waals surface area contributed by atoms with Crippen LogP contribution in [0.4, 0.5) is 10.5 Å². The van der Waals surface area contributed by atoms with Gasteiger partial charge >= 0.3 is 0 Å². The Morgan fingerprint density at radius 3 is 2.33 bits per heavy atom. The summed E-state index contributed by atoms with van der Waals surface area (Å²) in [7, 11) is 0. The zero-order valence-electron chi connectivity index (χ0n) is 13.8. The number of rotatable bonds is 4. The summed E-state index contributed by atoms with van der Waals surface area (Å²) < 4.78 is 0. The second kappa shape index (κ2) is 7.05. The maximum atomic E-state index is 12.7. The molecule has 0 saturated carbocycles. The summed E-state index contributed by atoms with van der Waals surface area (Å²) in [5.74, 6) is -0.245. The molecule has 0 bridgehead atoms. The molecule has 0 aromatic heterocycles. The van der Waals surface area contributed by atoms with Crippen molar-refractivity contribution in [1.82, 2.24) is 0 Å². The van der Waals surface area contributed by atoms with Gasteiger partial charge in [-0.3, -0.25) is 9.59 Å². The minimum absolute atomic E-state index is 0.239. The maximum Gasteiger partial charge on any atom is 0.298 e. The van der Waals surface area contributed by atoms with E-state index in [0.717, 1.165) is 35.7 Å². The number of hydrogen-bond acceptors (Lipinski definition) is 3. The SMILES string of the molecule is CCc1ccc(/C=C2\SC(=O)N(c3ccccc3CC)C2=O)cc1. The van der Waals surface area contributed by atoms with Crippen molar-refractivity contribution in [2.45, 2.75) is 26.7 Å². The van der Waals surface area contributed by atoms with Crippen LogP contribution >= 0.6 is 11.8 Å². The lowest BCUT2D eigenvalue weighted by Gasteiger charge is -2.16.